The molecular weight excluding hydrogens is 246 g/mol. The molecule has 2 aromatic heterocycles. The van der Waals surface area contributed by atoms with E-state index < -0.39 is 5.91 Å². The summed E-state index contributed by atoms with van der Waals surface area (Å²) in [6.45, 7) is 2.31. The Hall–Kier alpha value is -2.57. The Morgan fingerprint density at radius 3 is 2.89 bits per heavy atom. The summed E-state index contributed by atoms with van der Waals surface area (Å²) in [6.07, 6.45) is 2.46. The number of hydrogen-bond donors (Lipinski definition) is 3. The highest BCUT2D eigenvalue weighted by molar-refractivity contribution is 5.91. The van der Waals surface area contributed by atoms with Gasteiger partial charge in [-0.25, -0.2) is 9.97 Å². The Morgan fingerprint density at radius 2 is 2.26 bits per heavy atom. The standard InChI is InChI=1S/C12H15N5O2/c1-2-7-5-15-10(19-7)6-16-12-8(13)3-4-9(17-12)11(14)18/h3-5H,2,6,13H2,1H3,(H2,14,18)(H,16,17). The zero-order valence-corrected chi connectivity index (χ0v) is 10.5. The first-order chi connectivity index (χ1) is 9.10. The molecule has 0 radical (unpaired) electrons. The quantitative estimate of drug-likeness (QED) is 0.736. The van der Waals surface area contributed by atoms with E-state index in [0.717, 1.165) is 12.2 Å². The van der Waals surface area contributed by atoms with Crippen molar-refractivity contribution >= 4 is 17.4 Å². The van der Waals surface area contributed by atoms with E-state index in [1.54, 1.807) is 12.3 Å². The number of nitrogens with one attached hydrogen (secondary N) is 1. The van der Waals surface area contributed by atoms with Gasteiger partial charge in [-0.05, 0) is 12.1 Å². The lowest BCUT2D eigenvalue weighted by Gasteiger charge is -2.07. The molecule has 0 aliphatic rings. The minimum absolute atomic E-state index is 0.151. The number of rotatable bonds is 5. The molecule has 0 saturated heterocycles. The number of anilines is 2. The highest BCUT2D eigenvalue weighted by atomic mass is 16.4. The molecule has 0 unspecified atom stereocenters. The van der Waals surface area contributed by atoms with Gasteiger partial charge in [-0.3, -0.25) is 4.79 Å². The van der Waals surface area contributed by atoms with E-state index in [-0.39, 0.29) is 5.69 Å². The molecule has 0 fully saturated rings. The number of hydrogen-bond acceptors (Lipinski definition) is 6. The molecule has 19 heavy (non-hydrogen) atoms. The van der Waals surface area contributed by atoms with E-state index in [4.69, 9.17) is 15.9 Å². The molecule has 0 bridgehead atoms. The molecule has 2 heterocycles. The van der Waals surface area contributed by atoms with Crippen LogP contribution in [0.15, 0.2) is 22.7 Å². The number of aryl methyl sites for hydroxylation is 1. The van der Waals surface area contributed by atoms with Crippen molar-refractivity contribution in [3.63, 3.8) is 0 Å². The molecular formula is C12H15N5O2. The molecule has 2 aromatic rings. The first-order valence-electron chi connectivity index (χ1n) is 5.84. The number of aromatic nitrogens is 2. The van der Waals surface area contributed by atoms with Gasteiger partial charge in [0.05, 0.1) is 18.4 Å². The molecule has 7 heteroatoms. The van der Waals surface area contributed by atoms with Crippen molar-refractivity contribution in [1.29, 1.82) is 0 Å². The SMILES string of the molecule is CCc1cnc(CNc2nc(C(N)=O)ccc2N)o1. The van der Waals surface area contributed by atoms with E-state index >= 15 is 0 Å². The van der Waals surface area contributed by atoms with Gasteiger partial charge in [0, 0.05) is 6.42 Å². The number of carbonyl (C=O) groups excluding carboxylic acids is 1. The van der Waals surface area contributed by atoms with Gasteiger partial charge in [0.1, 0.15) is 11.5 Å². The third-order valence-electron chi connectivity index (χ3n) is 2.54. The monoisotopic (exact) mass is 261 g/mol. The third-order valence-corrected chi connectivity index (χ3v) is 2.54. The number of amides is 1. The highest BCUT2D eigenvalue weighted by Gasteiger charge is 2.08. The molecule has 5 N–H and O–H groups in total. The lowest BCUT2D eigenvalue weighted by atomic mass is 10.3. The van der Waals surface area contributed by atoms with Gasteiger partial charge in [-0.15, -0.1) is 0 Å². The Morgan fingerprint density at radius 1 is 1.47 bits per heavy atom. The van der Waals surface area contributed by atoms with Gasteiger partial charge in [0.2, 0.25) is 5.89 Å². The van der Waals surface area contributed by atoms with Crippen molar-refractivity contribution in [3.8, 4) is 0 Å². The Labute approximate surface area is 110 Å². The summed E-state index contributed by atoms with van der Waals surface area (Å²) < 4.78 is 5.44. The zero-order valence-electron chi connectivity index (χ0n) is 10.5. The van der Waals surface area contributed by atoms with Crippen LogP contribution in [0.4, 0.5) is 11.5 Å². The fraction of sp³-hybridized carbons (Fsp3) is 0.250. The molecule has 0 aliphatic heterocycles. The van der Waals surface area contributed by atoms with E-state index in [2.05, 4.69) is 15.3 Å². The van der Waals surface area contributed by atoms with Crippen LogP contribution in [0.5, 0.6) is 0 Å². The summed E-state index contributed by atoms with van der Waals surface area (Å²) in [5, 5.41) is 2.96. The van der Waals surface area contributed by atoms with Crippen LogP contribution in [-0.4, -0.2) is 15.9 Å². The lowest BCUT2D eigenvalue weighted by molar-refractivity contribution is 0.0996. The van der Waals surface area contributed by atoms with E-state index in [1.165, 1.54) is 6.07 Å². The number of nitrogen functional groups attached to an aromatic ring is 1. The maximum Gasteiger partial charge on any atom is 0.267 e. The molecule has 0 saturated carbocycles. The smallest absolute Gasteiger partial charge is 0.267 e. The number of carbonyl (C=O) groups is 1. The predicted molar refractivity (Wildman–Crippen MR) is 70.4 cm³/mol. The lowest BCUT2D eigenvalue weighted by Crippen LogP contribution is -2.15. The highest BCUT2D eigenvalue weighted by Crippen LogP contribution is 2.16. The largest absolute Gasteiger partial charge is 0.444 e. The molecule has 0 aliphatic carbocycles. The van der Waals surface area contributed by atoms with E-state index in [9.17, 15) is 4.79 Å². The molecule has 0 atom stereocenters. The number of oxazole rings is 1. The summed E-state index contributed by atoms with van der Waals surface area (Å²) >= 11 is 0. The second-order valence-corrected chi connectivity index (χ2v) is 3.93. The predicted octanol–water partition coefficient (Wildman–Crippen LogP) is 0.925. The van der Waals surface area contributed by atoms with Crippen LogP contribution in [0.3, 0.4) is 0 Å². The van der Waals surface area contributed by atoms with Crippen molar-refractivity contribution in [2.24, 2.45) is 5.73 Å². The number of pyridine rings is 1. The second kappa shape index (κ2) is 5.38. The van der Waals surface area contributed by atoms with Gasteiger partial charge in [0.25, 0.3) is 5.91 Å². The van der Waals surface area contributed by atoms with Crippen LogP contribution in [0, 0.1) is 0 Å². The maximum absolute atomic E-state index is 11.0. The number of nitrogens with two attached hydrogens (primary N) is 2. The van der Waals surface area contributed by atoms with Crippen molar-refractivity contribution in [3.05, 3.63) is 35.7 Å². The van der Waals surface area contributed by atoms with Crippen LogP contribution >= 0.6 is 0 Å². The third kappa shape index (κ3) is 3.01. The first-order valence-corrected chi connectivity index (χ1v) is 5.84. The summed E-state index contributed by atoms with van der Waals surface area (Å²) in [6, 6.07) is 3.05. The normalized spacial score (nSPS) is 10.4. The number of primary amides is 1. The fourth-order valence-corrected chi connectivity index (χ4v) is 1.50. The summed E-state index contributed by atoms with van der Waals surface area (Å²) in [5.74, 6) is 1.12. The van der Waals surface area contributed by atoms with Gasteiger partial charge in [0.15, 0.2) is 5.82 Å². The van der Waals surface area contributed by atoms with Crippen LogP contribution in [0.25, 0.3) is 0 Å². The van der Waals surface area contributed by atoms with Gasteiger partial charge >= 0.3 is 0 Å². The van der Waals surface area contributed by atoms with Gasteiger partial charge in [-0.1, -0.05) is 6.92 Å². The average molecular weight is 261 g/mol. The molecule has 1 amide bonds. The summed E-state index contributed by atoms with van der Waals surface area (Å²) in [5.41, 5.74) is 11.5. The number of nitrogens with zero attached hydrogens (tertiary/aromatic N) is 2. The maximum atomic E-state index is 11.0. The van der Waals surface area contributed by atoms with E-state index in [1.807, 2.05) is 6.92 Å². The summed E-state index contributed by atoms with van der Waals surface area (Å²) in [7, 11) is 0. The van der Waals surface area contributed by atoms with Crippen molar-refractivity contribution in [2.75, 3.05) is 11.1 Å². The van der Waals surface area contributed by atoms with Crippen LogP contribution in [0.1, 0.15) is 29.1 Å². The summed E-state index contributed by atoms with van der Waals surface area (Å²) in [4.78, 5) is 19.2. The Bertz CT molecular complexity index is 594. The molecule has 7 nitrogen and oxygen atoms in total. The van der Waals surface area contributed by atoms with E-state index in [0.29, 0.717) is 23.9 Å². The molecule has 0 aromatic carbocycles. The van der Waals surface area contributed by atoms with Gasteiger partial charge in [-0.2, -0.15) is 0 Å². The second-order valence-electron chi connectivity index (χ2n) is 3.93. The van der Waals surface area contributed by atoms with Crippen LogP contribution in [0.2, 0.25) is 0 Å². The Balaban J connectivity index is 2.10. The minimum atomic E-state index is -0.604. The van der Waals surface area contributed by atoms with Crippen molar-refractivity contribution < 1.29 is 9.21 Å². The van der Waals surface area contributed by atoms with Crippen LogP contribution in [-0.2, 0) is 13.0 Å². The first kappa shape index (κ1) is 12.9. The average Bonchev–Trinajstić information content (AvgIpc) is 2.85. The van der Waals surface area contributed by atoms with Crippen LogP contribution < -0.4 is 16.8 Å². The minimum Gasteiger partial charge on any atom is -0.444 e. The van der Waals surface area contributed by atoms with Gasteiger partial charge < -0.3 is 21.2 Å². The van der Waals surface area contributed by atoms with Crippen molar-refractivity contribution in [1.82, 2.24) is 9.97 Å². The zero-order chi connectivity index (χ0) is 13.8. The molecule has 0 spiro atoms. The Kier molecular flexibility index (Phi) is 3.65. The molecule has 100 valence electrons. The topological polar surface area (TPSA) is 120 Å². The molecule has 2 rings (SSSR count). The fourth-order valence-electron chi connectivity index (χ4n) is 1.50. The van der Waals surface area contributed by atoms with Crippen molar-refractivity contribution in [2.45, 2.75) is 19.9 Å².